The molecule has 4 rings (SSSR count). The van der Waals surface area contributed by atoms with Crippen LogP contribution in [0.25, 0.3) is 0 Å². The van der Waals surface area contributed by atoms with Gasteiger partial charge in [0.25, 0.3) is 10.0 Å². The molecule has 0 bridgehead atoms. The van der Waals surface area contributed by atoms with Crippen molar-refractivity contribution in [3.05, 3.63) is 65.2 Å². The summed E-state index contributed by atoms with van der Waals surface area (Å²) >= 11 is 0. The molecule has 112 valence electrons. The van der Waals surface area contributed by atoms with E-state index < -0.39 is 10.0 Å². The third kappa shape index (κ3) is 2.41. The summed E-state index contributed by atoms with van der Waals surface area (Å²) in [5.74, 6) is 1.18. The molecule has 0 spiro atoms. The van der Waals surface area contributed by atoms with Gasteiger partial charge in [0.1, 0.15) is 5.84 Å². The van der Waals surface area contributed by atoms with Gasteiger partial charge in [0.2, 0.25) is 0 Å². The monoisotopic (exact) mass is 312 g/mol. The standard InChI is InChI=1S/C17H16N2O2S/c20-22(21)16-4-2-1-3-15(16)17(19-22)18-11-12-5-7-13(8-6-12)14-9-10-14/h1-8,14H,9-11H2,(H,18,19). The minimum absolute atomic E-state index is 0.304. The summed E-state index contributed by atoms with van der Waals surface area (Å²) in [7, 11) is -3.45. The summed E-state index contributed by atoms with van der Waals surface area (Å²) in [6.07, 6.45) is 2.58. The molecular weight excluding hydrogens is 296 g/mol. The molecular formula is C17H16N2O2S. The molecule has 5 heteroatoms. The van der Waals surface area contributed by atoms with Crippen LogP contribution < -0.4 is 4.72 Å². The summed E-state index contributed by atoms with van der Waals surface area (Å²) in [4.78, 5) is 4.75. The molecule has 0 amide bonds. The molecule has 1 saturated carbocycles. The Morgan fingerprint density at radius 3 is 2.50 bits per heavy atom. The molecule has 2 aliphatic rings. The zero-order chi connectivity index (χ0) is 15.2. The molecule has 0 aromatic heterocycles. The average molecular weight is 312 g/mol. The number of fused-ring (bicyclic) bond motifs is 1. The van der Waals surface area contributed by atoms with E-state index in [2.05, 4.69) is 34.0 Å². The van der Waals surface area contributed by atoms with E-state index in [1.165, 1.54) is 18.4 Å². The van der Waals surface area contributed by atoms with Crippen molar-refractivity contribution in [3.8, 4) is 0 Å². The summed E-state index contributed by atoms with van der Waals surface area (Å²) in [5.41, 5.74) is 3.13. The zero-order valence-corrected chi connectivity index (χ0v) is 12.8. The normalized spacial score (nSPS) is 20.6. The van der Waals surface area contributed by atoms with E-state index in [0.717, 1.165) is 11.5 Å². The molecule has 0 radical (unpaired) electrons. The van der Waals surface area contributed by atoms with Crippen LogP contribution >= 0.6 is 0 Å². The summed E-state index contributed by atoms with van der Waals surface area (Å²) < 4.78 is 26.5. The summed E-state index contributed by atoms with van der Waals surface area (Å²) in [6, 6.07) is 15.4. The van der Waals surface area contributed by atoms with E-state index in [0.29, 0.717) is 22.8 Å². The third-order valence-corrected chi connectivity index (χ3v) is 5.51. The highest BCUT2D eigenvalue weighted by Gasteiger charge is 2.30. The van der Waals surface area contributed by atoms with E-state index in [1.807, 2.05) is 6.07 Å². The maximum absolute atomic E-state index is 12.0. The second-order valence-electron chi connectivity index (χ2n) is 5.78. The maximum Gasteiger partial charge on any atom is 0.263 e. The highest BCUT2D eigenvalue weighted by atomic mass is 32.2. The minimum Gasteiger partial charge on any atom is -0.263 e. The molecule has 1 heterocycles. The van der Waals surface area contributed by atoms with Crippen LogP contribution in [0.2, 0.25) is 0 Å². The van der Waals surface area contributed by atoms with Crippen LogP contribution in [-0.2, 0) is 16.6 Å². The van der Waals surface area contributed by atoms with Gasteiger partial charge in [-0.1, -0.05) is 36.4 Å². The molecule has 1 aliphatic heterocycles. The number of sulfonamides is 1. The molecule has 0 saturated heterocycles. The van der Waals surface area contributed by atoms with Crippen molar-refractivity contribution in [1.82, 2.24) is 4.72 Å². The SMILES string of the molecule is O=S1(=O)NC(=NCc2ccc(C3CC3)cc2)c2ccccc21. The van der Waals surface area contributed by atoms with E-state index in [1.54, 1.807) is 18.2 Å². The molecule has 1 fully saturated rings. The van der Waals surface area contributed by atoms with Crippen LogP contribution in [0.5, 0.6) is 0 Å². The van der Waals surface area contributed by atoms with Crippen molar-refractivity contribution in [2.24, 2.45) is 4.99 Å². The lowest BCUT2D eigenvalue weighted by atomic mass is 10.1. The largest absolute Gasteiger partial charge is 0.263 e. The fourth-order valence-electron chi connectivity index (χ4n) is 2.73. The molecule has 4 nitrogen and oxygen atoms in total. The Labute approximate surface area is 130 Å². The van der Waals surface area contributed by atoms with Crippen LogP contribution in [-0.4, -0.2) is 14.3 Å². The first-order valence-electron chi connectivity index (χ1n) is 7.39. The smallest absolute Gasteiger partial charge is 0.263 e. The van der Waals surface area contributed by atoms with Gasteiger partial charge in [0.15, 0.2) is 0 Å². The van der Waals surface area contributed by atoms with Crippen LogP contribution in [0, 0.1) is 0 Å². The molecule has 2 aromatic rings. The number of amidine groups is 1. The zero-order valence-electron chi connectivity index (χ0n) is 12.0. The number of rotatable bonds is 3. The lowest BCUT2D eigenvalue weighted by molar-refractivity contribution is 0.595. The number of nitrogens with one attached hydrogen (secondary N) is 1. The Morgan fingerprint density at radius 1 is 1.05 bits per heavy atom. The van der Waals surface area contributed by atoms with Crippen molar-refractivity contribution in [2.75, 3.05) is 0 Å². The Hall–Kier alpha value is -2.14. The first-order valence-corrected chi connectivity index (χ1v) is 8.87. The van der Waals surface area contributed by atoms with Gasteiger partial charge in [0, 0.05) is 5.56 Å². The third-order valence-electron chi connectivity index (χ3n) is 4.11. The van der Waals surface area contributed by atoms with Crippen molar-refractivity contribution in [1.29, 1.82) is 0 Å². The molecule has 1 aliphatic carbocycles. The fraction of sp³-hybridized carbons (Fsp3) is 0.235. The minimum atomic E-state index is -3.45. The van der Waals surface area contributed by atoms with Gasteiger partial charge in [-0.2, -0.15) is 0 Å². The van der Waals surface area contributed by atoms with E-state index >= 15 is 0 Å². The number of aliphatic imine (C=N–C) groups is 1. The highest BCUT2D eigenvalue weighted by Crippen LogP contribution is 2.39. The van der Waals surface area contributed by atoms with Crippen LogP contribution in [0.3, 0.4) is 0 Å². The fourth-order valence-corrected chi connectivity index (χ4v) is 3.98. The van der Waals surface area contributed by atoms with Crippen LogP contribution in [0.4, 0.5) is 0 Å². The van der Waals surface area contributed by atoms with Gasteiger partial charge in [0.05, 0.1) is 11.4 Å². The van der Waals surface area contributed by atoms with Crippen LogP contribution in [0.1, 0.15) is 35.4 Å². The summed E-state index contributed by atoms with van der Waals surface area (Å²) in [6.45, 7) is 0.469. The quantitative estimate of drug-likeness (QED) is 0.947. The average Bonchev–Trinajstić information content (AvgIpc) is 3.33. The number of hydrogen-bond donors (Lipinski definition) is 1. The van der Waals surface area contributed by atoms with Gasteiger partial charge in [-0.25, -0.2) is 8.42 Å². The van der Waals surface area contributed by atoms with Crippen molar-refractivity contribution >= 4 is 15.9 Å². The lowest BCUT2D eigenvalue weighted by Gasteiger charge is -2.02. The van der Waals surface area contributed by atoms with Gasteiger partial charge in [-0.05, 0) is 42.0 Å². The maximum atomic E-state index is 12.0. The molecule has 0 atom stereocenters. The van der Waals surface area contributed by atoms with Crippen molar-refractivity contribution < 1.29 is 8.42 Å². The van der Waals surface area contributed by atoms with Crippen molar-refractivity contribution in [3.63, 3.8) is 0 Å². The number of hydrogen-bond acceptors (Lipinski definition) is 3. The van der Waals surface area contributed by atoms with Gasteiger partial charge < -0.3 is 0 Å². The van der Waals surface area contributed by atoms with Gasteiger partial charge in [-0.15, -0.1) is 0 Å². The number of benzene rings is 2. The van der Waals surface area contributed by atoms with Gasteiger partial charge >= 0.3 is 0 Å². The first kappa shape index (κ1) is 13.5. The van der Waals surface area contributed by atoms with Crippen LogP contribution in [0.15, 0.2) is 58.4 Å². The molecule has 1 N–H and O–H groups in total. The predicted molar refractivity (Wildman–Crippen MR) is 85.4 cm³/mol. The first-order chi connectivity index (χ1) is 10.6. The molecule has 2 aromatic carbocycles. The number of nitrogens with zero attached hydrogens (tertiary/aromatic N) is 1. The Kier molecular flexibility index (Phi) is 3.04. The van der Waals surface area contributed by atoms with Crippen molar-refractivity contribution in [2.45, 2.75) is 30.2 Å². The predicted octanol–water partition coefficient (Wildman–Crippen LogP) is 2.80. The Morgan fingerprint density at radius 2 is 1.77 bits per heavy atom. The Balaban J connectivity index is 1.58. The molecule has 0 unspecified atom stereocenters. The second kappa shape index (κ2) is 4.95. The van der Waals surface area contributed by atoms with E-state index in [-0.39, 0.29) is 0 Å². The van der Waals surface area contributed by atoms with E-state index in [4.69, 9.17) is 0 Å². The summed E-state index contributed by atoms with van der Waals surface area (Å²) in [5, 5.41) is 0. The van der Waals surface area contributed by atoms with E-state index in [9.17, 15) is 8.42 Å². The topological polar surface area (TPSA) is 58.5 Å². The molecule has 22 heavy (non-hydrogen) atoms. The lowest BCUT2D eigenvalue weighted by Crippen LogP contribution is -2.22. The highest BCUT2D eigenvalue weighted by molar-refractivity contribution is 7.90. The second-order valence-corrected chi connectivity index (χ2v) is 7.43. The Bertz CT molecular complexity index is 850. The van der Waals surface area contributed by atoms with Gasteiger partial charge in [-0.3, -0.25) is 9.71 Å².